The summed E-state index contributed by atoms with van der Waals surface area (Å²) in [5.41, 5.74) is 1.48. The number of hydrogen-bond donors (Lipinski definition) is 2. The summed E-state index contributed by atoms with van der Waals surface area (Å²) in [5.74, 6) is -0.923. The van der Waals surface area contributed by atoms with Crippen molar-refractivity contribution in [3.8, 4) is 5.75 Å². The largest absolute Gasteiger partial charge is 0.494 e. The van der Waals surface area contributed by atoms with Crippen LogP contribution in [0, 0.1) is 0 Å². The van der Waals surface area contributed by atoms with Crippen LogP contribution in [0.15, 0.2) is 41.8 Å². The van der Waals surface area contributed by atoms with E-state index in [1.165, 1.54) is 40.7 Å². The molecule has 2 fully saturated rings. The maximum atomic E-state index is 13.3. The summed E-state index contributed by atoms with van der Waals surface area (Å²) in [7, 11) is -4.17. The monoisotopic (exact) mass is 466 g/mol. The third kappa shape index (κ3) is 4.47. The Labute approximate surface area is 186 Å². The number of urea groups is 1. The van der Waals surface area contributed by atoms with Crippen molar-refractivity contribution in [1.82, 2.24) is 19.6 Å². The van der Waals surface area contributed by atoms with Crippen LogP contribution in [0.2, 0.25) is 0 Å². The van der Waals surface area contributed by atoms with Gasteiger partial charge in [0.15, 0.2) is 0 Å². The second kappa shape index (κ2) is 9.67. The van der Waals surface area contributed by atoms with E-state index in [1.807, 2.05) is 6.92 Å². The van der Waals surface area contributed by atoms with Gasteiger partial charge in [-0.05, 0) is 37.1 Å². The van der Waals surface area contributed by atoms with Gasteiger partial charge in [0.1, 0.15) is 18.3 Å². The third-order valence-electron chi connectivity index (χ3n) is 5.34. The first-order chi connectivity index (χ1) is 15.2. The molecule has 2 atom stereocenters. The maximum Gasteiger partial charge on any atom is 0.327 e. The summed E-state index contributed by atoms with van der Waals surface area (Å²) in [4.78, 5) is 39.5. The Morgan fingerprint density at radius 2 is 2.00 bits per heavy atom. The van der Waals surface area contributed by atoms with Crippen molar-refractivity contribution < 1.29 is 32.7 Å². The molecule has 1 aromatic carbocycles. The van der Waals surface area contributed by atoms with Crippen molar-refractivity contribution in [1.29, 1.82) is 0 Å². The molecule has 0 aliphatic carbocycles. The fourth-order valence-electron chi connectivity index (χ4n) is 3.84. The van der Waals surface area contributed by atoms with E-state index in [2.05, 4.69) is 6.58 Å². The minimum atomic E-state index is -4.17. The molecule has 2 aliphatic heterocycles. The van der Waals surface area contributed by atoms with Crippen LogP contribution in [-0.2, 0) is 19.6 Å². The third-order valence-corrected chi connectivity index (χ3v) is 7.22. The number of hydroxylamine groups is 1. The van der Waals surface area contributed by atoms with Gasteiger partial charge in [0, 0.05) is 13.1 Å². The van der Waals surface area contributed by atoms with Gasteiger partial charge in [-0.3, -0.25) is 19.7 Å². The van der Waals surface area contributed by atoms with Crippen molar-refractivity contribution in [2.45, 2.75) is 36.7 Å². The number of sulfonamides is 1. The summed E-state index contributed by atoms with van der Waals surface area (Å²) >= 11 is 0. The molecule has 11 nitrogen and oxygen atoms in total. The number of carbonyl (C=O) groups excluding carboxylic acids is 3. The molecular weight excluding hydrogens is 440 g/mol. The van der Waals surface area contributed by atoms with Crippen LogP contribution in [0.5, 0.6) is 5.75 Å². The normalized spacial score (nSPS) is 21.8. The standard InChI is InChI=1S/C20H26N4O7S/c1-3-9-22-13-18(25)24(20(22)27)14-11-17(19(26)21-28)23(12-14)32(29,30)16-7-5-15(6-8-16)31-10-4-2/h3,5-8,14,17,28H,1,4,9-13H2,2H3,(H,21,26)/t14-,17+/m0/s1. The van der Waals surface area contributed by atoms with Crippen molar-refractivity contribution in [3.63, 3.8) is 0 Å². The zero-order valence-electron chi connectivity index (χ0n) is 17.6. The summed E-state index contributed by atoms with van der Waals surface area (Å²) in [6, 6.07) is 3.03. The number of rotatable bonds is 9. The van der Waals surface area contributed by atoms with Crippen LogP contribution in [0.1, 0.15) is 19.8 Å². The highest BCUT2D eigenvalue weighted by atomic mass is 32.2. The quantitative estimate of drug-likeness (QED) is 0.235. The highest BCUT2D eigenvalue weighted by Crippen LogP contribution is 2.31. The molecule has 0 bridgehead atoms. The number of imide groups is 1. The molecule has 32 heavy (non-hydrogen) atoms. The van der Waals surface area contributed by atoms with E-state index >= 15 is 0 Å². The van der Waals surface area contributed by atoms with E-state index in [4.69, 9.17) is 9.94 Å². The average molecular weight is 467 g/mol. The highest BCUT2D eigenvalue weighted by Gasteiger charge is 2.50. The van der Waals surface area contributed by atoms with Crippen molar-refractivity contribution in [2.75, 3.05) is 26.2 Å². The SMILES string of the molecule is C=CCN1CC(=O)N([C@H]2C[C@H](C(=O)NO)N(S(=O)(=O)c3ccc(OCCC)cc3)C2)C1=O. The first kappa shape index (κ1) is 23.7. The van der Waals surface area contributed by atoms with Crippen LogP contribution in [-0.4, -0.2) is 83.9 Å². The Bertz CT molecular complexity index is 996. The molecule has 12 heteroatoms. The minimum absolute atomic E-state index is 0.0786. The van der Waals surface area contributed by atoms with Gasteiger partial charge in [0.2, 0.25) is 10.0 Å². The molecule has 2 aliphatic rings. The lowest BCUT2D eigenvalue weighted by Gasteiger charge is -2.23. The summed E-state index contributed by atoms with van der Waals surface area (Å²) < 4.78 is 33.0. The van der Waals surface area contributed by atoms with E-state index in [0.717, 1.165) is 15.6 Å². The number of benzene rings is 1. The zero-order valence-corrected chi connectivity index (χ0v) is 18.5. The van der Waals surface area contributed by atoms with Crippen LogP contribution < -0.4 is 10.2 Å². The van der Waals surface area contributed by atoms with Gasteiger partial charge >= 0.3 is 6.03 Å². The molecule has 3 rings (SSSR count). The molecule has 0 spiro atoms. The van der Waals surface area contributed by atoms with E-state index in [9.17, 15) is 22.8 Å². The van der Waals surface area contributed by atoms with Gasteiger partial charge in [-0.15, -0.1) is 6.58 Å². The molecule has 4 amide bonds. The van der Waals surface area contributed by atoms with Crippen molar-refractivity contribution >= 4 is 27.9 Å². The molecule has 0 unspecified atom stereocenters. The number of ether oxygens (including phenoxy) is 1. The molecule has 2 N–H and O–H groups in total. The number of nitrogens with zero attached hydrogens (tertiary/aromatic N) is 3. The van der Waals surface area contributed by atoms with Crippen LogP contribution >= 0.6 is 0 Å². The Kier molecular flexibility index (Phi) is 7.16. The van der Waals surface area contributed by atoms with E-state index in [0.29, 0.717) is 12.4 Å². The topological polar surface area (TPSA) is 137 Å². The second-order valence-corrected chi connectivity index (χ2v) is 9.38. The first-order valence-corrected chi connectivity index (χ1v) is 11.6. The first-order valence-electron chi connectivity index (χ1n) is 10.1. The number of nitrogens with one attached hydrogen (secondary N) is 1. The van der Waals surface area contributed by atoms with E-state index in [-0.39, 0.29) is 31.0 Å². The second-order valence-electron chi connectivity index (χ2n) is 7.49. The molecule has 0 aromatic heterocycles. The van der Waals surface area contributed by atoms with Gasteiger partial charge in [0.25, 0.3) is 11.8 Å². The van der Waals surface area contributed by atoms with Gasteiger partial charge in [-0.1, -0.05) is 13.0 Å². The fourth-order valence-corrected chi connectivity index (χ4v) is 5.47. The number of hydrogen-bond acceptors (Lipinski definition) is 7. The minimum Gasteiger partial charge on any atom is -0.494 e. The lowest BCUT2D eigenvalue weighted by atomic mass is 10.1. The van der Waals surface area contributed by atoms with Crippen LogP contribution in [0.25, 0.3) is 0 Å². The summed E-state index contributed by atoms with van der Waals surface area (Å²) in [5, 5.41) is 9.13. The number of carbonyl (C=O) groups is 3. The predicted molar refractivity (Wildman–Crippen MR) is 112 cm³/mol. The predicted octanol–water partition coefficient (Wildman–Crippen LogP) is 0.563. The van der Waals surface area contributed by atoms with Gasteiger partial charge in [-0.2, -0.15) is 4.31 Å². The summed E-state index contributed by atoms with van der Waals surface area (Å²) in [6.07, 6.45) is 2.14. The van der Waals surface area contributed by atoms with Gasteiger partial charge in [0.05, 0.1) is 17.5 Å². The average Bonchev–Trinajstić information content (AvgIpc) is 3.33. The smallest absolute Gasteiger partial charge is 0.327 e. The highest BCUT2D eigenvalue weighted by molar-refractivity contribution is 7.89. The van der Waals surface area contributed by atoms with Crippen LogP contribution in [0.4, 0.5) is 4.79 Å². The Balaban J connectivity index is 1.87. The van der Waals surface area contributed by atoms with E-state index in [1.54, 1.807) is 0 Å². The molecule has 2 heterocycles. The summed E-state index contributed by atoms with van der Waals surface area (Å²) in [6.45, 7) is 5.73. The maximum absolute atomic E-state index is 13.3. The van der Waals surface area contributed by atoms with Gasteiger partial charge in [-0.25, -0.2) is 18.7 Å². The van der Waals surface area contributed by atoms with Crippen LogP contribution in [0.3, 0.4) is 0 Å². The molecule has 0 saturated carbocycles. The molecule has 174 valence electrons. The van der Waals surface area contributed by atoms with E-state index < -0.39 is 40.0 Å². The van der Waals surface area contributed by atoms with Crippen molar-refractivity contribution in [2.24, 2.45) is 0 Å². The molecule has 2 saturated heterocycles. The lowest BCUT2D eigenvalue weighted by Crippen LogP contribution is -2.45. The number of amides is 4. The lowest BCUT2D eigenvalue weighted by molar-refractivity contribution is -0.132. The zero-order chi connectivity index (χ0) is 23.5. The Morgan fingerprint density at radius 3 is 2.59 bits per heavy atom. The Morgan fingerprint density at radius 1 is 1.31 bits per heavy atom. The molecule has 0 radical (unpaired) electrons. The van der Waals surface area contributed by atoms with Gasteiger partial charge < -0.3 is 9.64 Å². The molecule has 1 aromatic rings. The fraction of sp³-hybridized carbons (Fsp3) is 0.450. The van der Waals surface area contributed by atoms with Crippen molar-refractivity contribution in [3.05, 3.63) is 36.9 Å². The Hall–Kier alpha value is -2.96. The molecular formula is C20H26N4O7S.